The summed E-state index contributed by atoms with van der Waals surface area (Å²) in [6.07, 6.45) is -0.768. The third-order valence-electron chi connectivity index (χ3n) is 3.45. The summed E-state index contributed by atoms with van der Waals surface area (Å²) in [6, 6.07) is 15.3. The Bertz CT molecular complexity index is 818. The first-order valence-corrected chi connectivity index (χ1v) is 9.14. The minimum absolute atomic E-state index is 0.0297. The lowest BCUT2D eigenvalue weighted by Gasteiger charge is -2.15. The van der Waals surface area contributed by atoms with Gasteiger partial charge in [-0.15, -0.1) is 0 Å². The fourth-order valence-corrected chi connectivity index (χ4v) is 3.00. The Hall–Kier alpha value is -2.38. The van der Waals surface area contributed by atoms with Gasteiger partial charge >= 0.3 is 5.97 Å². The molecule has 25 heavy (non-hydrogen) atoms. The molecule has 0 fully saturated rings. The number of ether oxygens (including phenoxy) is 2. The van der Waals surface area contributed by atoms with Gasteiger partial charge in [-0.2, -0.15) is 0 Å². The van der Waals surface area contributed by atoms with Crippen molar-refractivity contribution in [2.75, 3.05) is 14.1 Å². The van der Waals surface area contributed by atoms with Crippen LogP contribution in [0, 0.1) is 0 Å². The molecule has 7 heteroatoms. The number of carbonyl (C=O) groups excluding carboxylic acids is 1. The summed E-state index contributed by atoms with van der Waals surface area (Å²) in [5, 5.41) is 0. The van der Waals surface area contributed by atoms with E-state index in [4.69, 9.17) is 9.47 Å². The molecule has 0 amide bonds. The maximum atomic E-state index is 12.1. The van der Waals surface area contributed by atoms with Gasteiger partial charge in [-0.3, -0.25) is 0 Å². The van der Waals surface area contributed by atoms with Gasteiger partial charge in [0.05, 0.1) is 4.90 Å². The summed E-state index contributed by atoms with van der Waals surface area (Å²) in [5.74, 6) is 0.0516. The number of para-hydroxylation sites is 1. The molecule has 6 nitrogen and oxygen atoms in total. The molecule has 0 aromatic heterocycles. The van der Waals surface area contributed by atoms with Crippen molar-refractivity contribution in [3.8, 4) is 5.75 Å². The molecule has 2 rings (SSSR count). The van der Waals surface area contributed by atoms with Crippen molar-refractivity contribution in [1.29, 1.82) is 0 Å². The highest BCUT2D eigenvalue weighted by atomic mass is 32.2. The van der Waals surface area contributed by atoms with Gasteiger partial charge in [-0.25, -0.2) is 17.5 Å². The third kappa shape index (κ3) is 5.04. The van der Waals surface area contributed by atoms with Crippen molar-refractivity contribution in [3.63, 3.8) is 0 Å². The van der Waals surface area contributed by atoms with E-state index >= 15 is 0 Å². The topological polar surface area (TPSA) is 72.9 Å². The van der Waals surface area contributed by atoms with E-state index in [1.807, 2.05) is 18.2 Å². The van der Waals surface area contributed by atoms with Crippen LogP contribution in [0.1, 0.15) is 12.5 Å². The van der Waals surface area contributed by atoms with Crippen molar-refractivity contribution in [3.05, 3.63) is 60.2 Å². The summed E-state index contributed by atoms with van der Waals surface area (Å²) >= 11 is 0. The molecule has 1 atom stereocenters. The predicted octanol–water partition coefficient (Wildman–Crippen LogP) is 2.45. The molecule has 0 aliphatic rings. The largest absolute Gasteiger partial charge is 0.479 e. The predicted molar refractivity (Wildman–Crippen MR) is 93.6 cm³/mol. The lowest BCUT2D eigenvalue weighted by molar-refractivity contribution is -0.152. The molecule has 0 heterocycles. The lowest BCUT2D eigenvalue weighted by Crippen LogP contribution is -2.26. The highest BCUT2D eigenvalue weighted by Gasteiger charge is 2.19. The normalized spacial score (nSPS) is 12.6. The SMILES string of the molecule is CC(Oc1ccccc1)C(=O)OCc1cccc(S(=O)(=O)N(C)C)c1. The van der Waals surface area contributed by atoms with E-state index in [1.165, 1.54) is 26.2 Å². The fourth-order valence-electron chi connectivity index (χ4n) is 2.03. The number of sulfonamides is 1. The van der Waals surface area contributed by atoms with E-state index < -0.39 is 22.1 Å². The first kappa shape index (κ1) is 19.0. The average molecular weight is 363 g/mol. The maximum Gasteiger partial charge on any atom is 0.347 e. The van der Waals surface area contributed by atoms with E-state index in [0.29, 0.717) is 11.3 Å². The van der Waals surface area contributed by atoms with Crippen LogP contribution in [0.15, 0.2) is 59.5 Å². The Morgan fingerprint density at radius 2 is 1.76 bits per heavy atom. The van der Waals surface area contributed by atoms with E-state index in [2.05, 4.69) is 0 Å². The molecule has 0 saturated heterocycles. The van der Waals surface area contributed by atoms with Crippen LogP contribution in [0.25, 0.3) is 0 Å². The Balaban J connectivity index is 1.98. The average Bonchev–Trinajstić information content (AvgIpc) is 2.60. The molecular formula is C18H21NO5S. The zero-order valence-corrected chi connectivity index (χ0v) is 15.2. The summed E-state index contributed by atoms with van der Waals surface area (Å²) < 4.78 is 36.1. The zero-order chi connectivity index (χ0) is 18.4. The molecule has 0 aliphatic heterocycles. The second kappa shape index (κ2) is 8.13. The summed E-state index contributed by atoms with van der Waals surface area (Å²) in [4.78, 5) is 12.2. The van der Waals surface area contributed by atoms with E-state index in [9.17, 15) is 13.2 Å². The molecule has 134 valence electrons. The molecule has 0 bridgehead atoms. The number of hydrogen-bond acceptors (Lipinski definition) is 5. The van der Waals surface area contributed by atoms with Crippen LogP contribution in [0.4, 0.5) is 0 Å². The van der Waals surface area contributed by atoms with Gasteiger partial charge in [-0.05, 0) is 36.8 Å². The molecular weight excluding hydrogens is 342 g/mol. The van der Waals surface area contributed by atoms with Crippen molar-refractivity contribution in [2.24, 2.45) is 0 Å². The van der Waals surface area contributed by atoms with Crippen LogP contribution in [-0.4, -0.2) is 38.9 Å². The zero-order valence-electron chi connectivity index (χ0n) is 14.4. The number of nitrogens with zero attached hydrogens (tertiary/aromatic N) is 1. The van der Waals surface area contributed by atoms with Gasteiger partial charge in [0, 0.05) is 14.1 Å². The van der Waals surface area contributed by atoms with Gasteiger partial charge in [-0.1, -0.05) is 30.3 Å². The Morgan fingerprint density at radius 3 is 2.40 bits per heavy atom. The summed E-state index contributed by atoms with van der Waals surface area (Å²) in [6.45, 7) is 1.57. The number of benzene rings is 2. The monoisotopic (exact) mass is 363 g/mol. The van der Waals surface area contributed by atoms with E-state index in [-0.39, 0.29) is 11.5 Å². The highest BCUT2D eigenvalue weighted by molar-refractivity contribution is 7.89. The van der Waals surface area contributed by atoms with Crippen molar-refractivity contribution in [2.45, 2.75) is 24.5 Å². The molecule has 2 aromatic rings. The van der Waals surface area contributed by atoms with Crippen LogP contribution in [0.3, 0.4) is 0 Å². The van der Waals surface area contributed by atoms with Crippen LogP contribution in [0.2, 0.25) is 0 Å². The maximum absolute atomic E-state index is 12.1. The van der Waals surface area contributed by atoms with E-state index in [0.717, 1.165) is 4.31 Å². The Labute approximate surface area is 148 Å². The smallest absolute Gasteiger partial charge is 0.347 e. The fraction of sp³-hybridized carbons (Fsp3) is 0.278. The second-order valence-electron chi connectivity index (χ2n) is 5.62. The molecule has 1 unspecified atom stereocenters. The number of esters is 1. The van der Waals surface area contributed by atoms with Gasteiger partial charge in [0.15, 0.2) is 6.10 Å². The first-order valence-electron chi connectivity index (χ1n) is 7.70. The van der Waals surface area contributed by atoms with Crippen molar-refractivity contribution in [1.82, 2.24) is 4.31 Å². The van der Waals surface area contributed by atoms with Gasteiger partial charge in [0.25, 0.3) is 0 Å². The van der Waals surface area contributed by atoms with Crippen LogP contribution < -0.4 is 4.74 Å². The van der Waals surface area contributed by atoms with Crippen molar-refractivity contribution >= 4 is 16.0 Å². The molecule has 0 spiro atoms. The minimum Gasteiger partial charge on any atom is -0.479 e. The van der Waals surface area contributed by atoms with Gasteiger partial charge < -0.3 is 9.47 Å². The molecule has 0 aliphatic carbocycles. The number of hydrogen-bond donors (Lipinski definition) is 0. The van der Waals surface area contributed by atoms with Gasteiger partial charge in [0.1, 0.15) is 12.4 Å². The van der Waals surface area contributed by atoms with Crippen LogP contribution in [-0.2, 0) is 26.2 Å². The van der Waals surface area contributed by atoms with E-state index in [1.54, 1.807) is 31.2 Å². The van der Waals surface area contributed by atoms with Gasteiger partial charge in [0.2, 0.25) is 10.0 Å². The Kier molecular flexibility index (Phi) is 6.17. The number of carbonyl (C=O) groups is 1. The highest BCUT2D eigenvalue weighted by Crippen LogP contribution is 2.16. The number of rotatable bonds is 7. The molecule has 0 radical (unpaired) electrons. The van der Waals surface area contributed by atoms with Crippen molar-refractivity contribution < 1.29 is 22.7 Å². The van der Waals surface area contributed by atoms with Crippen LogP contribution >= 0.6 is 0 Å². The Morgan fingerprint density at radius 1 is 1.08 bits per heavy atom. The second-order valence-corrected chi connectivity index (χ2v) is 7.77. The summed E-state index contributed by atoms with van der Waals surface area (Å²) in [7, 11) is -0.601. The minimum atomic E-state index is -3.53. The standard InChI is InChI=1S/C18H21NO5S/c1-14(24-16-9-5-4-6-10-16)18(20)23-13-15-8-7-11-17(12-15)25(21,22)19(2)3/h4-12,14H,13H2,1-3H3. The lowest BCUT2D eigenvalue weighted by atomic mass is 10.2. The molecule has 2 aromatic carbocycles. The third-order valence-corrected chi connectivity index (χ3v) is 5.26. The van der Waals surface area contributed by atoms with Crippen LogP contribution in [0.5, 0.6) is 5.75 Å². The first-order chi connectivity index (χ1) is 11.8. The molecule has 0 N–H and O–H groups in total. The molecule has 0 saturated carbocycles. The quantitative estimate of drug-likeness (QED) is 0.707. The summed E-state index contributed by atoms with van der Waals surface area (Å²) in [5.41, 5.74) is 0.586.